The van der Waals surface area contributed by atoms with Crippen molar-refractivity contribution in [1.82, 2.24) is 25.5 Å². The molecule has 0 atom stereocenters. The van der Waals surface area contributed by atoms with Crippen molar-refractivity contribution in [2.45, 2.75) is 31.2 Å². The van der Waals surface area contributed by atoms with E-state index >= 15 is 0 Å². The Morgan fingerprint density at radius 2 is 2.10 bits per heavy atom. The molecule has 0 saturated heterocycles. The first-order chi connectivity index (χ1) is 14.6. The molecule has 0 unspecified atom stereocenters. The maximum absolute atomic E-state index is 14.2. The van der Waals surface area contributed by atoms with E-state index in [1.807, 2.05) is 12.1 Å². The van der Waals surface area contributed by atoms with Gasteiger partial charge < -0.3 is 15.7 Å². The van der Waals surface area contributed by atoms with Crippen LogP contribution >= 0.6 is 11.3 Å². The zero-order chi connectivity index (χ0) is 21.0. The number of aliphatic hydroxyl groups is 1. The van der Waals surface area contributed by atoms with Gasteiger partial charge in [-0.2, -0.15) is 0 Å². The van der Waals surface area contributed by atoms with Gasteiger partial charge in [0, 0.05) is 29.2 Å². The van der Waals surface area contributed by atoms with Crippen LogP contribution in [0.15, 0.2) is 36.7 Å². The molecule has 1 aliphatic carbocycles. The smallest absolute Gasteiger partial charge is 0.246 e. The molecule has 3 N–H and O–H groups in total. The van der Waals surface area contributed by atoms with Crippen LogP contribution in [0.5, 0.6) is 0 Å². The summed E-state index contributed by atoms with van der Waals surface area (Å²) in [7, 11) is 0. The summed E-state index contributed by atoms with van der Waals surface area (Å²) in [5.74, 6) is -0.0986. The molecule has 0 bridgehead atoms. The van der Waals surface area contributed by atoms with E-state index in [0.29, 0.717) is 35.3 Å². The van der Waals surface area contributed by atoms with Gasteiger partial charge in [-0.3, -0.25) is 9.78 Å². The Bertz CT molecular complexity index is 1020. The normalized spacial score (nSPS) is 14.7. The first kappa shape index (κ1) is 20.3. The molecule has 1 aliphatic rings. The zero-order valence-electron chi connectivity index (χ0n) is 16.1. The van der Waals surface area contributed by atoms with Crippen molar-refractivity contribution in [3.8, 4) is 10.7 Å². The molecular formula is C20H21FN6O2S. The van der Waals surface area contributed by atoms with Crippen LogP contribution in [-0.2, 0) is 16.8 Å². The molecule has 10 heteroatoms. The van der Waals surface area contributed by atoms with Crippen LogP contribution in [0, 0.1) is 5.82 Å². The average molecular weight is 428 g/mol. The molecule has 3 aromatic heterocycles. The SMILES string of the molecule is O=C(CO)NCc1cnc(-c2ccc(NCC3(c4ncccc4F)CCC3)nn2)s1. The summed E-state index contributed by atoms with van der Waals surface area (Å²) in [5, 5.41) is 23.7. The summed E-state index contributed by atoms with van der Waals surface area (Å²) >= 11 is 1.39. The number of carbonyl (C=O) groups is 1. The first-order valence-corrected chi connectivity index (χ1v) is 10.4. The number of halogens is 1. The summed E-state index contributed by atoms with van der Waals surface area (Å²) in [6.45, 7) is 0.303. The Labute approximate surface area is 176 Å². The van der Waals surface area contributed by atoms with Gasteiger partial charge in [0.15, 0.2) is 0 Å². The third kappa shape index (κ3) is 4.29. The zero-order valence-corrected chi connectivity index (χ0v) is 17.0. The molecule has 8 nitrogen and oxygen atoms in total. The van der Waals surface area contributed by atoms with Crippen LogP contribution in [0.25, 0.3) is 10.7 Å². The molecule has 0 aromatic carbocycles. The number of nitrogens with zero attached hydrogens (tertiary/aromatic N) is 4. The van der Waals surface area contributed by atoms with Crippen molar-refractivity contribution < 1.29 is 14.3 Å². The number of amides is 1. The van der Waals surface area contributed by atoms with Gasteiger partial charge in [0.1, 0.15) is 28.9 Å². The van der Waals surface area contributed by atoms with Crippen molar-refractivity contribution >= 4 is 23.1 Å². The number of anilines is 1. The van der Waals surface area contributed by atoms with Gasteiger partial charge in [-0.25, -0.2) is 9.37 Å². The quantitative estimate of drug-likeness (QED) is 0.504. The van der Waals surface area contributed by atoms with Crippen molar-refractivity contribution in [3.63, 3.8) is 0 Å². The van der Waals surface area contributed by atoms with Crippen LogP contribution in [0.4, 0.5) is 10.2 Å². The summed E-state index contributed by atoms with van der Waals surface area (Å²) in [6.07, 6.45) is 6.10. The summed E-state index contributed by atoms with van der Waals surface area (Å²) < 4.78 is 14.2. The molecule has 30 heavy (non-hydrogen) atoms. The molecule has 156 valence electrons. The number of hydrogen-bond donors (Lipinski definition) is 3. The minimum Gasteiger partial charge on any atom is -0.387 e. The molecule has 1 fully saturated rings. The highest BCUT2D eigenvalue weighted by Gasteiger charge is 2.41. The Balaban J connectivity index is 1.39. The van der Waals surface area contributed by atoms with Gasteiger partial charge in [-0.15, -0.1) is 21.5 Å². The Morgan fingerprint density at radius 3 is 2.77 bits per heavy atom. The standard InChI is InChI=1S/C20H21FN6O2S/c21-14-3-1-8-22-18(14)20(6-2-7-20)12-25-16-5-4-15(26-27-16)19-24-10-13(30-19)9-23-17(29)11-28/h1,3-5,8,10,28H,2,6-7,9,11-12H2,(H,23,29)(H,25,27). The van der Waals surface area contributed by atoms with Gasteiger partial charge >= 0.3 is 0 Å². The number of aliphatic hydroxyl groups excluding tert-OH is 1. The molecule has 1 saturated carbocycles. The number of rotatable bonds is 8. The van der Waals surface area contributed by atoms with E-state index in [1.165, 1.54) is 17.4 Å². The van der Waals surface area contributed by atoms with Gasteiger partial charge in [0.2, 0.25) is 5.91 Å². The summed E-state index contributed by atoms with van der Waals surface area (Å²) in [6, 6.07) is 6.69. The second kappa shape index (κ2) is 8.80. The fourth-order valence-electron chi connectivity index (χ4n) is 3.43. The lowest BCUT2D eigenvalue weighted by molar-refractivity contribution is -0.123. The highest BCUT2D eigenvalue weighted by atomic mass is 32.1. The predicted octanol–water partition coefficient (Wildman–Crippen LogP) is 2.28. The minimum absolute atomic E-state index is 0.268. The highest BCUT2D eigenvalue weighted by Crippen LogP contribution is 2.43. The Morgan fingerprint density at radius 1 is 1.23 bits per heavy atom. The minimum atomic E-state index is -0.542. The number of hydrogen-bond acceptors (Lipinski definition) is 8. The van der Waals surface area contributed by atoms with E-state index in [-0.39, 0.29) is 11.2 Å². The summed E-state index contributed by atoms with van der Waals surface area (Å²) in [4.78, 5) is 20.6. The van der Waals surface area contributed by atoms with E-state index in [0.717, 1.165) is 24.1 Å². The molecule has 0 aliphatic heterocycles. The number of carbonyl (C=O) groups excluding carboxylic acids is 1. The van der Waals surface area contributed by atoms with Gasteiger partial charge in [-0.1, -0.05) is 6.42 Å². The monoisotopic (exact) mass is 428 g/mol. The van der Waals surface area contributed by atoms with E-state index in [1.54, 1.807) is 18.5 Å². The fraction of sp³-hybridized carbons (Fsp3) is 0.350. The van der Waals surface area contributed by atoms with Crippen molar-refractivity contribution in [2.75, 3.05) is 18.5 Å². The largest absolute Gasteiger partial charge is 0.387 e. The van der Waals surface area contributed by atoms with Crippen LogP contribution in [0.3, 0.4) is 0 Å². The molecule has 3 heterocycles. The third-order valence-electron chi connectivity index (χ3n) is 5.22. The number of pyridine rings is 1. The van der Waals surface area contributed by atoms with Crippen LogP contribution < -0.4 is 10.6 Å². The van der Waals surface area contributed by atoms with Crippen molar-refractivity contribution in [2.24, 2.45) is 0 Å². The lowest BCUT2D eigenvalue weighted by Gasteiger charge is -2.41. The van der Waals surface area contributed by atoms with Gasteiger partial charge in [-0.05, 0) is 37.1 Å². The van der Waals surface area contributed by atoms with E-state index in [9.17, 15) is 9.18 Å². The molecule has 3 aromatic rings. The second-order valence-electron chi connectivity index (χ2n) is 7.19. The fourth-order valence-corrected chi connectivity index (χ4v) is 4.24. The van der Waals surface area contributed by atoms with E-state index in [2.05, 4.69) is 30.8 Å². The highest BCUT2D eigenvalue weighted by molar-refractivity contribution is 7.15. The molecule has 1 amide bonds. The van der Waals surface area contributed by atoms with Gasteiger partial charge in [0.05, 0.1) is 12.2 Å². The topological polar surface area (TPSA) is 113 Å². The second-order valence-corrected chi connectivity index (χ2v) is 8.31. The number of aromatic nitrogens is 4. The lowest BCUT2D eigenvalue weighted by Crippen LogP contribution is -2.42. The van der Waals surface area contributed by atoms with Gasteiger partial charge in [0.25, 0.3) is 0 Å². The third-order valence-corrected chi connectivity index (χ3v) is 6.24. The number of nitrogens with one attached hydrogen (secondary N) is 2. The predicted molar refractivity (Wildman–Crippen MR) is 110 cm³/mol. The first-order valence-electron chi connectivity index (χ1n) is 9.61. The van der Waals surface area contributed by atoms with Crippen LogP contribution in [0.1, 0.15) is 29.8 Å². The van der Waals surface area contributed by atoms with Crippen LogP contribution in [0.2, 0.25) is 0 Å². The van der Waals surface area contributed by atoms with E-state index < -0.39 is 12.5 Å². The molecule has 0 spiro atoms. The molecule has 0 radical (unpaired) electrons. The summed E-state index contributed by atoms with van der Waals surface area (Å²) in [5.41, 5.74) is 0.825. The van der Waals surface area contributed by atoms with Crippen molar-refractivity contribution in [1.29, 1.82) is 0 Å². The lowest BCUT2D eigenvalue weighted by atomic mass is 9.66. The maximum Gasteiger partial charge on any atom is 0.246 e. The maximum atomic E-state index is 14.2. The number of thiazole rings is 1. The Hall–Kier alpha value is -2.98. The molecule has 4 rings (SSSR count). The van der Waals surface area contributed by atoms with Crippen molar-refractivity contribution in [3.05, 3.63) is 53.0 Å². The Kier molecular flexibility index (Phi) is 5.96. The molecular weight excluding hydrogens is 407 g/mol. The van der Waals surface area contributed by atoms with Crippen LogP contribution in [-0.4, -0.2) is 44.3 Å². The van der Waals surface area contributed by atoms with E-state index in [4.69, 9.17) is 5.11 Å². The average Bonchev–Trinajstić information content (AvgIpc) is 3.22.